The topological polar surface area (TPSA) is 42.7 Å². The molecule has 1 N–H and O–H groups in total. The molecule has 0 saturated carbocycles. The van der Waals surface area contributed by atoms with Crippen molar-refractivity contribution in [2.75, 3.05) is 6.54 Å². The third-order valence-electron chi connectivity index (χ3n) is 2.01. The molecular weight excluding hydrogens is 128 g/mol. The van der Waals surface area contributed by atoms with Crippen LogP contribution in [-0.4, -0.2) is 27.6 Å². The molecule has 0 aliphatic carbocycles. The van der Waals surface area contributed by atoms with Crippen LogP contribution < -0.4 is 5.32 Å². The molecule has 2 atom stereocenters. The van der Waals surface area contributed by atoms with Crippen LogP contribution in [0.15, 0.2) is 12.4 Å². The van der Waals surface area contributed by atoms with Crippen LogP contribution in [0.2, 0.25) is 0 Å². The van der Waals surface area contributed by atoms with E-state index in [1.165, 1.54) is 0 Å². The number of nitrogens with zero attached hydrogens (tertiary/aromatic N) is 3. The SMILES string of the molecule is C[C@H]1NC[C@@H]1n1ccnn1. The van der Waals surface area contributed by atoms with Gasteiger partial charge >= 0.3 is 0 Å². The molecule has 0 unspecified atom stereocenters. The molecule has 1 saturated heterocycles. The minimum absolute atomic E-state index is 0.516. The van der Waals surface area contributed by atoms with Crippen molar-refractivity contribution in [1.29, 1.82) is 0 Å². The summed E-state index contributed by atoms with van der Waals surface area (Å²) in [4.78, 5) is 0. The van der Waals surface area contributed by atoms with Crippen molar-refractivity contribution in [2.24, 2.45) is 0 Å². The second-order valence-corrected chi connectivity index (χ2v) is 2.65. The molecule has 4 nitrogen and oxygen atoms in total. The molecular formula is C6H10N4. The van der Waals surface area contributed by atoms with Crippen molar-refractivity contribution in [3.8, 4) is 0 Å². The first-order valence-corrected chi connectivity index (χ1v) is 3.47. The molecule has 2 heterocycles. The second kappa shape index (κ2) is 2.05. The van der Waals surface area contributed by atoms with Gasteiger partial charge in [-0.1, -0.05) is 5.21 Å². The normalized spacial score (nSPS) is 31.7. The number of aromatic nitrogens is 3. The first-order valence-electron chi connectivity index (χ1n) is 3.47. The van der Waals surface area contributed by atoms with E-state index in [0.29, 0.717) is 12.1 Å². The highest BCUT2D eigenvalue weighted by molar-refractivity contribution is 4.89. The highest BCUT2D eigenvalue weighted by Gasteiger charge is 2.27. The number of nitrogens with one attached hydrogen (secondary N) is 1. The van der Waals surface area contributed by atoms with Crippen LogP contribution >= 0.6 is 0 Å². The van der Waals surface area contributed by atoms with Crippen LogP contribution in [0, 0.1) is 0 Å². The highest BCUT2D eigenvalue weighted by Crippen LogP contribution is 2.16. The van der Waals surface area contributed by atoms with Crippen molar-refractivity contribution in [3.63, 3.8) is 0 Å². The lowest BCUT2D eigenvalue weighted by atomic mass is 10.0. The lowest BCUT2D eigenvalue weighted by Gasteiger charge is -2.34. The van der Waals surface area contributed by atoms with E-state index < -0.39 is 0 Å². The molecule has 1 fully saturated rings. The molecule has 0 amide bonds. The van der Waals surface area contributed by atoms with Gasteiger partial charge in [0.05, 0.1) is 12.2 Å². The summed E-state index contributed by atoms with van der Waals surface area (Å²) in [5.41, 5.74) is 0. The second-order valence-electron chi connectivity index (χ2n) is 2.65. The van der Waals surface area contributed by atoms with Gasteiger partial charge in [-0.05, 0) is 6.92 Å². The predicted octanol–water partition coefficient (Wildman–Crippen LogP) is -0.189. The van der Waals surface area contributed by atoms with E-state index in [1.54, 1.807) is 6.20 Å². The summed E-state index contributed by atoms with van der Waals surface area (Å²) in [5, 5.41) is 10.9. The fraction of sp³-hybridized carbons (Fsp3) is 0.667. The van der Waals surface area contributed by atoms with Crippen LogP contribution in [-0.2, 0) is 0 Å². The Labute approximate surface area is 59.2 Å². The van der Waals surface area contributed by atoms with Crippen molar-refractivity contribution in [3.05, 3.63) is 12.4 Å². The zero-order valence-electron chi connectivity index (χ0n) is 5.86. The van der Waals surface area contributed by atoms with E-state index in [2.05, 4.69) is 22.6 Å². The zero-order chi connectivity index (χ0) is 6.97. The molecule has 54 valence electrons. The van der Waals surface area contributed by atoms with E-state index in [1.807, 2.05) is 10.9 Å². The third kappa shape index (κ3) is 0.724. The van der Waals surface area contributed by atoms with E-state index in [0.717, 1.165) is 6.54 Å². The lowest BCUT2D eigenvalue weighted by molar-refractivity contribution is 0.231. The molecule has 4 heteroatoms. The summed E-state index contributed by atoms with van der Waals surface area (Å²) in [6.07, 6.45) is 3.62. The van der Waals surface area contributed by atoms with Crippen molar-refractivity contribution in [2.45, 2.75) is 19.0 Å². The molecule has 1 aromatic rings. The molecule has 0 radical (unpaired) electrons. The predicted molar refractivity (Wildman–Crippen MR) is 36.5 cm³/mol. The maximum atomic E-state index is 3.92. The molecule has 0 aromatic carbocycles. The van der Waals surface area contributed by atoms with Gasteiger partial charge in [0.1, 0.15) is 0 Å². The molecule has 1 aliphatic heterocycles. The highest BCUT2D eigenvalue weighted by atomic mass is 15.4. The summed E-state index contributed by atoms with van der Waals surface area (Å²) in [6, 6.07) is 1.06. The molecule has 1 aliphatic rings. The van der Waals surface area contributed by atoms with E-state index in [-0.39, 0.29) is 0 Å². The molecule has 2 rings (SSSR count). The summed E-state index contributed by atoms with van der Waals surface area (Å²) in [6.45, 7) is 3.17. The van der Waals surface area contributed by atoms with Gasteiger partial charge in [0.15, 0.2) is 0 Å². The Morgan fingerprint density at radius 2 is 2.60 bits per heavy atom. The van der Waals surface area contributed by atoms with Crippen LogP contribution in [0.1, 0.15) is 13.0 Å². The van der Waals surface area contributed by atoms with Crippen LogP contribution in [0.5, 0.6) is 0 Å². The standard InChI is InChI=1S/C6H10N4/c1-5-6(4-7-5)10-3-2-8-9-10/h2-3,5-7H,4H2,1H3/t5-,6+/m1/s1. The first-order chi connectivity index (χ1) is 4.88. The third-order valence-corrected chi connectivity index (χ3v) is 2.01. The Morgan fingerprint density at radius 3 is 3.00 bits per heavy atom. The Morgan fingerprint density at radius 1 is 1.70 bits per heavy atom. The molecule has 0 bridgehead atoms. The fourth-order valence-corrected chi connectivity index (χ4v) is 1.18. The van der Waals surface area contributed by atoms with Crippen LogP contribution in [0.25, 0.3) is 0 Å². The summed E-state index contributed by atoms with van der Waals surface area (Å²) in [5.74, 6) is 0. The summed E-state index contributed by atoms with van der Waals surface area (Å²) >= 11 is 0. The average molecular weight is 138 g/mol. The minimum atomic E-state index is 0.516. The van der Waals surface area contributed by atoms with Crippen molar-refractivity contribution in [1.82, 2.24) is 20.3 Å². The van der Waals surface area contributed by atoms with Crippen molar-refractivity contribution >= 4 is 0 Å². The van der Waals surface area contributed by atoms with E-state index in [4.69, 9.17) is 0 Å². The lowest BCUT2D eigenvalue weighted by Crippen LogP contribution is -2.51. The van der Waals surface area contributed by atoms with Gasteiger partial charge < -0.3 is 5.32 Å². The average Bonchev–Trinajstić information content (AvgIpc) is 2.37. The molecule has 10 heavy (non-hydrogen) atoms. The maximum absolute atomic E-state index is 3.92. The largest absolute Gasteiger partial charge is 0.310 e. The summed E-state index contributed by atoms with van der Waals surface area (Å²) < 4.78 is 1.90. The zero-order valence-corrected chi connectivity index (χ0v) is 5.86. The first kappa shape index (κ1) is 5.85. The van der Waals surface area contributed by atoms with Gasteiger partial charge in [-0.25, -0.2) is 4.68 Å². The molecule has 0 spiro atoms. The fourth-order valence-electron chi connectivity index (χ4n) is 1.18. The maximum Gasteiger partial charge on any atom is 0.0811 e. The summed E-state index contributed by atoms with van der Waals surface area (Å²) in [7, 11) is 0. The van der Waals surface area contributed by atoms with Gasteiger partial charge in [-0.3, -0.25) is 0 Å². The Kier molecular flexibility index (Phi) is 1.20. The number of rotatable bonds is 1. The van der Waals surface area contributed by atoms with E-state index >= 15 is 0 Å². The Bertz CT molecular complexity index is 206. The number of hydrogen-bond donors (Lipinski definition) is 1. The van der Waals surface area contributed by atoms with Gasteiger partial charge in [0.2, 0.25) is 0 Å². The smallest absolute Gasteiger partial charge is 0.0811 e. The quantitative estimate of drug-likeness (QED) is 0.585. The van der Waals surface area contributed by atoms with Gasteiger partial charge in [-0.2, -0.15) is 0 Å². The van der Waals surface area contributed by atoms with Gasteiger partial charge in [0.25, 0.3) is 0 Å². The Hall–Kier alpha value is -0.900. The van der Waals surface area contributed by atoms with Crippen molar-refractivity contribution < 1.29 is 0 Å². The van der Waals surface area contributed by atoms with Crippen LogP contribution in [0.4, 0.5) is 0 Å². The Balaban J connectivity index is 2.14. The number of hydrogen-bond acceptors (Lipinski definition) is 3. The van der Waals surface area contributed by atoms with Gasteiger partial charge in [0, 0.05) is 18.8 Å². The van der Waals surface area contributed by atoms with Gasteiger partial charge in [-0.15, -0.1) is 5.10 Å². The van der Waals surface area contributed by atoms with Crippen LogP contribution in [0.3, 0.4) is 0 Å². The van der Waals surface area contributed by atoms with E-state index in [9.17, 15) is 0 Å². The minimum Gasteiger partial charge on any atom is -0.310 e. The molecule has 1 aromatic heterocycles. The monoisotopic (exact) mass is 138 g/mol.